The molecule has 0 saturated carbocycles. The first-order valence-electron chi connectivity index (χ1n) is 11.7. The van der Waals surface area contributed by atoms with Crippen molar-refractivity contribution in [3.8, 4) is 0 Å². The number of carbonyl (C=O) groups excluding carboxylic acids is 1. The first kappa shape index (κ1) is 21.6. The Hall–Kier alpha value is -3.23. The molecule has 2 saturated heterocycles. The van der Waals surface area contributed by atoms with Gasteiger partial charge in [-0.2, -0.15) is 0 Å². The standard InChI is InChI=1S/C25H30N6O2/c32-24(27-20-6-8-22(9-7-20)30-10-3-4-11-30)19-29-15-13-28(14-16-29)18-21-17-25(33)31-12-2-1-5-23(31)26-21/h1-2,5-9,12,17H,3-4,10-11,13-16,18-19H2,(H,27,32). The number of benzene rings is 1. The molecule has 33 heavy (non-hydrogen) atoms. The molecule has 4 heterocycles. The number of pyridine rings is 1. The number of piperazine rings is 1. The molecule has 172 valence electrons. The summed E-state index contributed by atoms with van der Waals surface area (Å²) in [6, 6.07) is 15.3. The molecule has 2 aliphatic heterocycles. The lowest BCUT2D eigenvalue weighted by Gasteiger charge is -2.34. The fraction of sp³-hybridized carbons (Fsp3) is 0.400. The second-order valence-electron chi connectivity index (χ2n) is 8.86. The fourth-order valence-corrected chi connectivity index (χ4v) is 4.65. The molecule has 0 aliphatic carbocycles. The molecule has 0 unspecified atom stereocenters. The zero-order valence-electron chi connectivity index (χ0n) is 18.8. The van der Waals surface area contributed by atoms with Crippen molar-refractivity contribution in [1.82, 2.24) is 19.2 Å². The number of aromatic nitrogens is 2. The van der Waals surface area contributed by atoms with Crippen molar-refractivity contribution in [2.75, 3.05) is 56.0 Å². The Kier molecular flexibility index (Phi) is 6.37. The molecule has 1 N–H and O–H groups in total. The van der Waals surface area contributed by atoms with Crippen molar-refractivity contribution in [3.05, 3.63) is 70.8 Å². The third-order valence-electron chi connectivity index (χ3n) is 6.46. The average molecular weight is 447 g/mol. The van der Waals surface area contributed by atoms with Crippen LogP contribution in [-0.2, 0) is 11.3 Å². The summed E-state index contributed by atoms with van der Waals surface area (Å²) >= 11 is 0. The first-order chi connectivity index (χ1) is 16.1. The molecule has 0 bridgehead atoms. The highest BCUT2D eigenvalue weighted by Gasteiger charge is 2.20. The van der Waals surface area contributed by atoms with Crippen molar-refractivity contribution >= 4 is 22.9 Å². The third-order valence-corrected chi connectivity index (χ3v) is 6.46. The van der Waals surface area contributed by atoms with Gasteiger partial charge in [-0.05, 0) is 49.2 Å². The number of fused-ring (bicyclic) bond motifs is 1. The number of amides is 1. The quantitative estimate of drug-likeness (QED) is 0.625. The second-order valence-corrected chi connectivity index (χ2v) is 8.86. The van der Waals surface area contributed by atoms with Crippen LogP contribution in [0.5, 0.6) is 0 Å². The number of nitrogens with one attached hydrogen (secondary N) is 1. The van der Waals surface area contributed by atoms with Gasteiger partial charge in [-0.3, -0.25) is 23.8 Å². The Bertz CT molecular complexity index is 1160. The second kappa shape index (κ2) is 9.72. The van der Waals surface area contributed by atoms with Gasteiger partial charge in [0.2, 0.25) is 5.91 Å². The number of anilines is 2. The van der Waals surface area contributed by atoms with Gasteiger partial charge in [0.15, 0.2) is 0 Å². The van der Waals surface area contributed by atoms with Crippen LogP contribution < -0.4 is 15.8 Å². The van der Waals surface area contributed by atoms with Crippen LogP contribution in [0, 0.1) is 0 Å². The summed E-state index contributed by atoms with van der Waals surface area (Å²) in [6.07, 6.45) is 4.24. The minimum atomic E-state index is -0.0561. The summed E-state index contributed by atoms with van der Waals surface area (Å²) in [7, 11) is 0. The number of nitrogens with zero attached hydrogens (tertiary/aromatic N) is 5. The smallest absolute Gasteiger partial charge is 0.258 e. The van der Waals surface area contributed by atoms with Crippen LogP contribution in [0.2, 0.25) is 0 Å². The maximum absolute atomic E-state index is 12.5. The van der Waals surface area contributed by atoms with E-state index in [2.05, 4.69) is 37.1 Å². The molecule has 8 nitrogen and oxygen atoms in total. The Morgan fingerprint density at radius 3 is 2.39 bits per heavy atom. The van der Waals surface area contributed by atoms with Crippen LogP contribution in [-0.4, -0.2) is 70.9 Å². The molecule has 1 aromatic carbocycles. The zero-order chi connectivity index (χ0) is 22.6. The van der Waals surface area contributed by atoms with Crippen molar-refractivity contribution in [3.63, 3.8) is 0 Å². The topological polar surface area (TPSA) is 73.2 Å². The van der Waals surface area contributed by atoms with Crippen molar-refractivity contribution in [2.45, 2.75) is 19.4 Å². The van der Waals surface area contributed by atoms with E-state index < -0.39 is 0 Å². The van der Waals surface area contributed by atoms with E-state index in [-0.39, 0.29) is 11.5 Å². The SMILES string of the molecule is O=C(CN1CCN(Cc2cc(=O)n3ccccc3n2)CC1)Nc1ccc(N2CCCC2)cc1. The highest BCUT2D eigenvalue weighted by Crippen LogP contribution is 2.22. The highest BCUT2D eigenvalue weighted by atomic mass is 16.2. The molecule has 3 aromatic rings. The molecule has 0 spiro atoms. The van der Waals surface area contributed by atoms with Crippen molar-refractivity contribution in [2.24, 2.45) is 0 Å². The Labute approximate surface area is 193 Å². The van der Waals surface area contributed by atoms with E-state index in [1.54, 1.807) is 16.7 Å². The zero-order valence-corrected chi connectivity index (χ0v) is 18.8. The molecule has 0 atom stereocenters. The molecular formula is C25H30N6O2. The molecule has 2 aromatic heterocycles. The molecule has 1 amide bonds. The van der Waals surface area contributed by atoms with Crippen LogP contribution in [0.25, 0.3) is 5.65 Å². The van der Waals surface area contributed by atoms with Crippen LogP contribution in [0.4, 0.5) is 11.4 Å². The van der Waals surface area contributed by atoms with E-state index in [1.807, 2.05) is 30.3 Å². The minimum Gasteiger partial charge on any atom is -0.372 e. The summed E-state index contributed by atoms with van der Waals surface area (Å²) in [5.41, 5.74) is 3.47. The molecule has 2 aliphatic rings. The maximum atomic E-state index is 12.5. The van der Waals surface area contributed by atoms with Crippen LogP contribution >= 0.6 is 0 Å². The van der Waals surface area contributed by atoms with Crippen LogP contribution in [0.1, 0.15) is 18.5 Å². The van der Waals surface area contributed by atoms with Crippen molar-refractivity contribution < 1.29 is 4.79 Å². The number of carbonyl (C=O) groups is 1. The molecular weight excluding hydrogens is 416 g/mol. The summed E-state index contributed by atoms with van der Waals surface area (Å²) in [5, 5.41) is 3.02. The van der Waals surface area contributed by atoms with E-state index in [0.717, 1.165) is 50.6 Å². The first-order valence-corrected chi connectivity index (χ1v) is 11.7. The lowest BCUT2D eigenvalue weighted by atomic mass is 10.2. The Balaban J connectivity index is 1.09. The van der Waals surface area contributed by atoms with Gasteiger partial charge in [0.05, 0.1) is 12.2 Å². The average Bonchev–Trinajstić information content (AvgIpc) is 3.36. The van der Waals surface area contributed by atoms with E-state index >= 15 is 0 Å². The normalized spacial score (nSPS) is 17.5. The van der Waals surface area contributed by atoms with Crippen molar-refractivity contribution in [1.29, 1.82) is 0 Å². The predicted molar refractivity (Wildman–Crippen MR) is 130 cm³/mol. The minimum absolute atomic E-state index is 0.0154. The van der Waals surface area contributed by atoms with E-state index in [9.17, 15) is 9.59 Å². The van der Waals surface area contributed by atoms with Crippen LogP contribution in [0.3, 0.4) is 0 Å². The fourth-order valence-electron chi connectivity index (χ4n) is 4.65. The van der Waals surface area contributed by atoms with E-state index in [0.29, 0.717) is 18.7 Å². The lowest BCUT2D eigenvalue weighted by molar-refractivity contribution is -0.117. The van der Waals surface area contributed by atoms with Gasteiger partial charge in [-0.25, -0.2) is 4.98 Å². The van der Waals surface area contributed by atoms with E-state index in [1.165, 1.54) is 18.5 Å². The van der Waals surface area contributed by atoms with Gasteiger partial charge >= 0.3 is 0 Å². The number of hydrogen-bond donors (Lipinski definition) is 1. The third kappa shape index (κ3) is 5.23. The predicted octanol–water partition coefficient (Wildman–Crippen LogP) is 2.05. The summed E-state index contributed by atoms with van der Waals surface area (Å²) in [5.74, 6) is 0.0154. The lowest BCUT2D eigenvalue weighted by Crippen LogP contribution is -2.48. The largest absolute Gasteiger partial charge is 0.372 e. The monoisotopic (exact) mass is 446 g/mol. The molecule has 8 heteroatoms. The van der Waals surface area contributed by atoms with Gasteiger partial charge in [0.1, 0.15) is 5.65 Å². The number of hydrogen-bond acceptors (Lipinski definition) is 6. The Morgan fingerprint density at radius 2 is 1.64 bits per heavy atom. The summed E-state index contributed by atoms with van der Waals surface area (Å²) in [6.45, 7) is 6.57. The number of rotatable bonds is 6. The van der Waals surface area contributed by atoms with E-state index in [4.69, 9.17) is 0 Å². The van der Waals surface area contributed by atoms with Gasteiger partial charge in [-0.15, -0.1) is 0 Å². The van der Waals surface area contributed by atoms with Crippen LogP contribution in [0.15, 0.2) is 59.5 Å². The van der Waals surface area contributed by atoms with Gasteiger partial charge in [0, 0.05) is 69.5 Å². The molecule has 2 fully saturated rings. The summed E-state index contributed by atoms with van der Waals surface area (Å²) in [4.78, 5) is 36.3. The van der Waals surface area contributed by atoms with Gasteiger partial charge < -0.3 is 10.2 Å². The summed E-state index contributed by atoms with van der Waals surface area (Å²) < 4.78 is 1.56. The maximum Gasteiger partial charge on any atom is 0.258 e. The highest BCUT2D eigenvalue weighted by molar-refractivity contribution is 5.92. The molecule has 5 rings (SSSR count). The Morgan fingerprint density at radius 1 is 0.909 bits per heavy atom. The van der Waals surface area contributed by atoms with Gasteiger partial charge in [-0.1, -0.05) is 6.07 Å². The van der Waals surface area contributed by atoms with Gasteiger partial charge in [0.25, 0.3) is 5.56 Å². The molecule has 0 radical (unpaired) electrons.